The van der Waals surface area contributed by atoms with Gasteiger partial charge in [-0.15, -0.1) is 0 Å². The van der Waals surface area contributed by atoms with Gasteiger partial charge in [0.05, 0.1) is 5.56 Å². The summed E-state index contributed by atoms with van der Waals surface area (Å²) in [6, 6.07) is 9.05. The van der Waals surface area contributed by atoms with Crippen molar-refractivity contribution in [3.63, 3.8) is 0 Å². The summed E-state index contributed by atoms with van der Waals surface area (Å²) >= 11 is 0. The van der Waals surface area contributed by atoms with E-state index in [-0.39, 0.29) is 24.0 Å². The maximum atomic E-state index is 12.1. The standard InChI is InChI=1S/C16H22N2O2/c1-12(16(2,3)4)18(5)15(19)11-20-14-9-7-6-8-13(14)10-17/h6-9,12H,11H2,1-5H3. The van der Waals surface area contributed by atoms with E-state index in [4.69, 9.17) is 10.00 Å². The van der Waals surface area contributed by atoms with Crippen molar-refractivity contribution in [3.8, 4) is 11.8 Å². The topological polar surface area (TPSA) is 53.3 Å². The number of carbonyl (C=O) groups is 1. The van der Waals surface area contributed by atoms with E-state index in [1.807, 2.05) is 13.0 Å². The van der Waals surface area contributed by atoms with Gasteiger partial charge in [0.25, 0.3) is 5.91 Å². The molecule has 0 spiro atoms. The highest BCUT2D eigenvalue weighted by Gasteiger charge is 2.27. The maximum absolute atomic E-state index is 12.1. The molecule has 0 aromatic heterocycles. The van der Waals surface area contributed by atoms with Gasteiger partial charge in [-0.25, -0.2) is 0 Å². The van der Waals surface area contributed by atoms with Crippen LogP contribution in [0.3, 0.4) is 0 Å². The van der Waals surface area contributed by atoms with E-state index in [0.717, 1.165) is 0 Å². The van der Waals surface area contributed by atoms with Crippen LogP contribution in [0.5, 0.6) is 5.75 Å². The number of hydrogen-bond donors (Lipinski definition) is 0. The molecule has 0 aliphatic rings. The van der Waals surface area contributed by atoms with Crippen LogP contribution in [0, 0.1) is 16.7 Å². The van der Waals surface area contributed by atoms with Crippen LogP contribution in [-0.4, -0.2) is 30.5 Å². The van der Waals surface area contributed by atoms with Crippen molar-refractivity contribution in [1.29, 1.82) is 5.26 Å². The van der Waals surface area contributed by atoms with Gasteiger partial charge in [-0.05, 0) is 24.5 Å². The first kappa shape index (κ1) is 16.0. The van der Waals surface area contributed by atoms with Crippen LogP contribution in [0.15, 0.2) is 24.3 Å². The molecule has 0 radical (unpaired) electrons. The molecule has 0 saturated heterocycles. The fourth-order valence-corrected chi connectivity index (χ4v) is 1.72. The minimum atomic E-state index is -0.0971. The molecule has 1 rings (SSSR count). The smallest absolute Gasteiger partial charge is 0.260 e. The summed E-state index contributed by atoms with van der Waals surface area (Å²) in [4.78, 5) is 13.8. The molecule has 108 valence electrons. The molecule has 20 heavy (non-hydrogen) atoms. The number of carbonyl (C=O) groups excluding carboxylic acids is 1. The third-order valence-electron chi connectivity index (χ3n) is 3.59. The quantitative estimate of drug-likeness (QED) is 0.848. The first-order valence-corrected chi connectivity index (χ1v) is 6.65. The van der Waals surface area contributed by atoms with Crippen LogP contribution in [0.2, 0.25) is 0 Å². The lowest BCUT2D eigenvalue weighted by atomic mass is 9.87. The lowest BCUT2D eigenvalue weighted by Crippen LogP contribution is -2.44. The maximum Gasteiger partial charge on any atom is 0.260 e. The molecular formula is C16H22N2O2. The third-order valence-corrected chi connectivity index (χ3v) is 3.59. The summed E-state index contributed by atoms with van der Waals surface area (Å²) in [7, 11) is 1.78. The summed E-state index contributed by atoms with van der Waals surface area (Å²) < 4.78 is 5.46. The van der Waals surface area contributed by atoms with Crippen molar-refractivity contribution in [1.82, 2.24) is 4.90 Å². The lowest BCUT2D eigenvalue weighted by Gasteiger charge is -2.35. The Bertz CT molecular complexity index is 512. The normalized spacial score (nSPS) is 12.4. The highest BCUT2D eigenvalue weighted by molar-refractivity contribution is 5.78. The zero-order valence-electron chi connectivity index (χ0n) is 12.8. The number of amides is 1. The van der Waals surface area contributed by atoms with Crippen LogP contribution in [0.25, 0.3) is 0 Å². The Morgan fingerprint density at radius 2 is 2.00 bits per heavy atom. The lowest BCUT2D eigenvalue weighted by molar-refractivity contribution is -0.135. The van der Waals surface area contributed by atoms with Crippen LogP contribution in [0.4, 0.5) is 0 Å². The second-order valence-electron chi connectivity index (χ2n) is 5.94. The molecule has 4 heteroatoms. The molecule has 0 heterocycles. The van der Waals surface area contributed by atoms with Gasteiger partial charge in [-0.2, -0.15) is 5.26 Å². The molecule has 0 aliphatic carbocycles. The average Bonchev–Trinajstić information content (AvgIpc) is 2.42. The predicted octanol–water partition coefficient (Wildman–Crippen LogP) is 2.83. The van der Waals surface area contributed by atoms with Gasteiger partial charge in [0.1, 0.15) is 11.8 Å². The Kier molecular flexibility index (Phi) is 5.15. The monoisotopic (exact) mass is 274 g/mol. The summed E-state index contributed by atoms with van der Waals surface area (Å²) in [6.07, 6.45) is 0. The van der Waals surface area contributed by atoms with Crippen LogP contribution in [-0.2, 0) is 4.79 Å². The molecule has 1 amide bonds. The molecule has 1 atom stereocenters. The third kappa shape index (κ3) is 3.99. The summed E-state index contributed by atoms with van der Waals surface area (Å²) in [5.41, 5.74) is 0.446. The van der Waals surface area contributed by atoms with Gasteiger partial charge < -0.3 is 9.64 Å². The van der Waals surface area contributed by atoms with E-state index in [0.29, 0.717) is 11.3 Å². The largest absolute Gasteiger partial charge is 0.482 e. The minimum Gasteiger partial charge on any atom is -0.482 e. The highest BCUT2D eigenvalue weighted by Crippen LogP contribution is 2.23. The molecular weight excluding hydrogens is 252 g/mol. The van der Waals surface area contributed by atoms with E-state index in [9.17, 15) is 4.79 Å². The Hall–Kier alpha value is -2.02. The van der Waals surface area contributed by atoms with E-state index < -0.39 is 0 Å². The van der Waals surface area contributed by atoms with Crippen molar-refractivity contribution < 1.29 is 9.53 Å². The highest BCUT2D eigenvalue weighted by atomic mass is 16.5. The molecule has 1 unspecified atom stereocenters. The molecule has 0 bridgehead atoms. The van der Waals surface area contributed by atoms with Crippen molar-refractivity contribution in [2.24, 2.45) is 5.41 Å². The fourth-order valence-electron chi connectivity index (χ4n) is 1.72. The first-order chi connectivity index (χ1) is 9.27. The van der Waals surface area contributed by atoms with E-state index in [1.165, 1.54) is 0 Å². The number of nitrogens with zero attached hydrogens (tertiary/aromatic N) is 2. The molecule has 0 N–H and O–H groups in total. The molecule has 0 aliphatic heterocycles. The molecule has 0 saturated carbocycles. The van der Waals surface area contributed by atoms with Gasteiger partial charge in [0.2, 0.25) is 0 Å². The van der Waals surface area contributed by atoms with Gasteiger partial charge >= 0.3 is 0 Å². The van der Waals surface area contributed by atoms with Crippen LogP contribution < -0.4 is 4.74 Å². The predicted molar refractivity (Wildman–Crippen MR) is 78.3 cm³/mol. The summed E-state index contributed by atoms with van der Waals surface area (Å²) in [5, 5.41) is 8.96. The van der Waals surface area contributed by atoms with Crippen LogP contribution in [0.1, 0.15) is 33.3 Å². The Balaban J connectivity index is 2.66. The SMILES string of the molecule is CC(N(C)C(=O)COc1ccccc1C#N)C(C)(C)C. The van der Waals surface area contributed by atoms with Crippen molar-refractivity contribution >= 4 is 5.91 Å². The number of benzene rings is 1. The van der Waals surface area contributed by atoms with Gasteiger partial charge in [-0.3, -0.25) is 4.79 Å². The summed E-state index contributed by atoms with van der Waals surface area (Å²) in [6.45, 7) is 8.23. The molecule has 0 fully saturated rings. The number of hydrogen-bond acceptors (Lipinski definition) is 3. The number of ether oxygens (including phenoxy) is 1. The first-order valence-electron chi connectivity index (χ1n) is 6.65. The zero-order chi connectivity index (χ0) is 15.3. The molecule has 4 nitrogen and oxygen atoms in total. The van der Waals surface area contributed by atoms with Crippen molar-refractivity contribution in [3.05, 3.63) is 29.8 Å². The Labute approximate surface area is 121 Å². The number of nitriles is 1. The van der Waals surface area contributed by atoms with Gasteiger partial charge in [0, 0.05) is 13.1 Å². The van der Waals surface area contributed by atoms with Gasteiger partial charge in [-0.1, -0.05) is 32.9 Å². The van der Waals surface area contributed by atoms with Gasteiger partial charge in [0.15, 0.2) is 6.61 Å². The van der Waals surface area contributed by atoms with E-state index in [1.54, 1.807) is 36.2 Å². The Morgan fingerprint density at radius 3 is 2.55 bits per heavy atom. The zero-order valence-corrected chi connectivity index (χ0v) is 12.8. The van der Waals surface area contributed by atoms with Crippen molar-refractivity contribution in [2.45, 2.75) is 33.7 Å². The second-order valence-corrected chi connectivity index (χ2v) is 5.94. The number of para-hydroxylation sites is 1. The average molecular weight is 274 g/mol. The minimum absolute atomic E-state index is 0.00890. The number of rotatable bonds is 4. The van der Waals surface area contributed by atoms with E-state index in [2.05, 4.69) is 20.8 Å². The van der Waals surface area contributed by atoms with Crippen LogP contribution >= 0.6 is 0 Å². The molecule has 1 aromatic rings. The Morgan fingerprint density at radius 1 is 1.40 bits per heavy atom. The molecule has 1 aromatic carbocycles. The van der Waals surface area contributed by atoms with E-state index >= 15 is 0 Å². The second kappa shape index (κ2) is 6.42. The fraction of sp³-hybridized carbons (Fsp3) is 0.500. The summed E-state index contributed by atoms with van der Waals surface area (Å²) in [5.74, 6) is 0.348. The number of likely N-dealkylation sites (N-methyl/N-ethyl adjacent to an activating group) is 1. The van der Waals surface area contributed by atoms with Crippen molar-refractivity contribution in [2.75, 3.05) is 13.7 Å².